The molecule has 1 saturated heterocycles. The molecular weight excluding hydrogens is 280 g/mol. The lowest BCUT2D eigenvalue weighted by Crippen LogP contribution is -2.63. The van der Waals surface area contributed by atoms with E-state index in [1.54, 1.807) is 24.3 Å². The molecule has 5 N–H and O–H groups in total. The van der Waals surface area contributed by atoms with Gasteiger partial charge in [-0.2, -0.15) is 0 Å². The normalized spacial score (nSPS) is 33.0. The predicted molar refractivity (Wildman–Crippen MR) is 71.6 cm³/mol. The van der Waals surface area contributed by atoms with Crippen LogP contribution in [0.4, 0.5) is 0 Å². The van der Waals surface area contributed by atoms with Gasteiger partial charge < -0.3 is 35.0 Å². The summed E-state index contributed by atoms with van der Waals surface area (Å²) in [5, 5.41) is 47.8. The van der Waals surface area contributed by atoms with Crippen LogP contribution in [0.5, 0.6) is 5.75 Å². The van der Waals surface area contributed by atoms with Gasteiger partial charge in [0.1, 0.15) is 30.7 Å². The van der Waals surface area contributed by atoms with Gasteiger partial charge >= 0.3 is 0 Å². The Hall–Kier alpha value is -1.22. The van der Waals surface area contributed by atoms with E-state index in [1.807, 2.05) is 0 Å². The van der Waals surface area contributed by atoms with Gasteiger partial charge in [0.25, 0.3) is 0 Å². The Kier molecular flexibility index (Phi) is 5.15. The van der Waals surface area contributed by atoms with Gasteiger partial charge in [-0.05, 0) is 24.1 Å². The fourth-order valence-corrected chi connectivity index (χ4v) is 2.25. The zero-order valence-corrected chi connectivity index (χ0v) is 11.4. The number of rotatable bonds is 5. The second kappa shape index (κ2) is 6.69. The molecule has 7 nitrogen and oxygen atoms in total. The Morgan fingerprint density at radius 1 is 1.29 bits per heavy atom. The molecule has 0 aromatic heterocycles. The number of ether oxygens (including phenoxy) is 2. The van der Waals surface area contributed by atoms with Crippen LogP contribution >= 0.6 is 0 Å². The number of phenolic OH excluding ortho intramolecular Hbond substituents is 1. The molecule has 2 rings (SSSR count). The molecule has 21 heavy (non-hydrogen) atoms. The van der Waals surface area contributed by atoms with Gasteiger partial charge in [-0.15, -0.1) is 0 Å². The highest BCUT2D eigenvalue weighted by Gasteiger charge is 2.50. The van der Waals surface area contributed by atoms with Gasteiger partial charge in [0, 0.05) is 0 Å². The van der Waals surface area contributed by atoms with E-state index in [9.17, 15) is 25.5 Å². The third kappa shape index (κ3) is 3.52. The van der Waals surface area contributed by atoms with Crippen molar-refractivity contribution in [3.05, 3.63) is 29.8 Å². The first-order valence-corrected chi connectivity index (χ1v) is 6.69. The van der Waals surface area contributed by atoms with Crippen molar-refractivity contribution >= 4 is 0 Å². The van der Waals surface area contributed by atoms with Crippen LogP contribution in [-0.2, 0) is 15.9 Å². The van der Waals surface area contributed by atoms with Crippen molar-refractivity contribution in [1.82, 2.24) is 0 Å². The van der Waals surface area contributed by atoms with Gasteiger partial charge in [0.2, 0.25) is 5.79 Å². The summed E-state index contributed by atoms with van der Waals surface area (Å²) in [6.07, 6.45) is -3.82. The third-order valence-electron chi connectivity index (χ3n) is 3.53. The largest absolute Gasteiger partial charge is 0.508 e. The molecule has 0 spiro atoms. The number of aliphatic hydroxyl groups is 4. The zero-order valence-electron chi connectivity index (χ0n) is 11.4. The molecule has 1 aliphatic rings. The first-order chi connectivity index (χ1) is 9.98. The molecule has 0 saturated carbocycles. The molecule has 1 heterocycles. The predicted octanol–water partition coefficient (Wildman–Crippen LogP) is -1.25. The van der Waals surface area contributed by atoms with Crippen LogP contribution < -0.4 is 0 Å². The fraction of sp³-hybridized carbons (Fsp3) is 0.571. The summed E-state index contributed by atoms with van der Waals surface area (Å²) < 4.78 is 10.6. The highest BCUT2D eigenvalue weighted by molar-refractivity contribution is 5.27. The van der Waals surface area contributed by atoms with Crippen molar-refractivity contribution in [2.45, 2.75) is 30.5 Å². The van der Waals surface area contributed by atoms with Crippen LogP contribution in [0.2, 0.25) is 0 Å². The number of hydrogen-bond acceptors (Lipinski definition) is 7. The van der Waals surface area contributed by atoms with Crippen LogP contribution in [0.15, 0.2) is 24.3 Å². The lowest BCUT2D eigenvalue weighted by atomic mass is 9.97. The van der Waals surface area contributed by atoms with Gasteiger partial charge in [0.15, 0.2) is 0 Å². The van der Waals surface area contributed by atoms with Crippen molar-refractivity contribution < 1.29 is 35.0 Å². The van der Waals surface area contributed by atoms with Crippen molar-refractivity contribution in [1.29, 1.82) is 0 Å². The molecule has 1 aliphatic heterocycles. The van der Waals surface area contributed by atoms with E-state index >= 15 is 0 Å². The molecule has 7 heteroatoms. The van der Waals surface area contributed by atoms with Gasteiger partial charge in [-0.3, -0.25) is 0 Å². The Bertz CT molecular complexity index is 466. The maximum Gasteiger partial charge on any atom is 0.221 e. The van der Waals surface area contributed by atoms with Crippen LogP contribution in [0.25, 0.3) is 0 Å². The maximum absolute atomic E-state index is 9.94. The minimum atomic E-state index is -1.75. The quantitative estimate of drug-likeness (QED) is 0.461. The molecule has 1 aromatic carbocycles. The molecule has 0 unspecified atom stereocenters. The Morgan fingerprint density at radius 2 is 2.05 bits per heavy atom. The second-order valence-electron chi connectivity index (χ2n) is 5.05. The minimum absolute atomic E-state index is 0.101. The van der Waals surface area contributed by atoms with Gasteiger partial charge in [-0.25, -0.2) is 0 Å². The molecule has 1 fully saturated rings. The van der Waals surface area contributed by atoms with Crippen LogP contribution in [0.1, 0.15) is 5.56 Å². The van der Waals surface area contributed by atoms with E-state index in [1.165, 1.54) is 0 Å². The molecular formula is C14H20O7. The SMILES string of the molecule is OC[C@@]1(OCCc2cccc(O)c2)OC[C@@H](O)[C@H](O)[C@@H]1O. The van der Waals surface area contributed by atoms with E-state index in [-0.39, 0.29) is 19.0 Å². The molecule has 1 aromatic rings. The van der Waals surface area contributed by atoms with Crippen molar-refractivity contribution in [3.63, 3.8) is 0 Å². The second-order valence-corrected chi connectivity index (χ2v) is 5.05. The highest BCUT2D eigenvalue weighted by atomic mass is 16.7. The number of hydrogen-bond donors (Lipinski definition) is 5. The summed E-state index contributed by atoms with van der Waals surface area (Å²) >= 11 is 0. The molecule has 118 valence electrons. The summed E-state index contributed by atoms with van der Waals surface area (Å²) in [5.74, 6) is -1.62. The van der Waals surface area contributed by atoms with Crippen LogP contribution in [-0.4, -0.2) is 69.5 Å². The minimum Gasteiger partial charge on any atom is -0.508 e. The molecule has 0 amide bonds. The summed E-state index contributed by atoms with van der Waals surface area (Å²) in [6, 6.07) is 6.61. The summed E-state index contributed by atoms with van der Waals surface area (Å²) in [4.78, 5) is 0. The highest BCUT2D eigenvalue weighted by Crippen LogP contribution is 2.27. The zero-order chi connectivity index (χ0) is 15.5. The topological polar surface area (TPSA) is 120 Å². The number of benzene rings is 1. The van der Waals surface area contributed by atoms with E-state index < -0.39 is 30.7 Å². The summed E-state index contributed by atoms with van der Waals surface area (Å²) in [6.45, 7) is -0.799. The standard InChI is InChI=1S/C14H20O7/c15-8-14(13(19)12(18)11(17)7-21-14)20-5-4-9-2-1-3-10(16)6-9/h1-3,6,11-13,15-19H,4-5,7-8H2/t11-,12+,13+,14-/m1/s1. The Balaban J connectivity index is 1.96. The molecule has 0 aliphatic carbocycles. The van der Waals surface area contributed by atoms with Gasteiger partial charge in [0.05, 0.1) is 13.2 Å². The lowest BCUT2D eigenvalue weighted by molar-refractivity contribution is -0.348. The van der Waals surface area contributed by atoms with Crippen molar-refractivity contribution in [3.8, 4) is 5.75 Å². The summed E-state index contributed by atoms with van der Waals surface area (Å²) in [7, 11) is 0. The van der Waals surface area contributed by atoms with E-state index in [4.69, 9.17) is 9.47 Å². The number of aliphatic hydroxyl groups excluding tert-OH is 4. The van der Waals surface area contributed by atoms with Crippen LogP contribution in [0.3, 0.4) is 0 Å². The average molecular weight is 300 g/mol. The fourth-order valence-electron chi connectivity index (χ4n) is 2.25. The Labute approximate surface area is 122 Å². The van der Waals surface area contributed by atoms with Crippen molar-refractivity contribution in [2.24, 2.45) is 0 Å². The smallest absolute Gasteiger partial charge is 0.221 e. The molecule has 0 bridgehead atoms. The molecule has 4 atom stereocenters. The summed E-state index contributed by atoms with van der Waals surface area (Å²) in [5.41, 5.74) is 0.814. The number of aromatic hydroxyl groups is 1. The maximum atomic E-state index is 9.94. The molecule has 0 radical (unpaired) electrons. The van der Waals surface area contributed by atoms with E-state index in [0.717, 1.165) is 5.56 Å². The number of phenols is 1. The van der Waals surface area contributed by atoms with Crippen LogP contribution in [0, 0.1) is 0 Å². The lowest BCUT2D eigenvalue weighted by Gasteiger charge is -2.43. The van der Waals surface area contributed by atoms with Gasteiger partial charge in [-0.1, -0.05) is 12.1 Å². The first-order valence-electron chi connectivity index (χ1n) is 6.69. The Morgan fingerprint density at radius 3 is 2.71 bits per heavy atom. The average Bonchev–Trinajstić information content (AvgIpc) is 2.48. The van der Waals surface area contributed by atoms with E-state index in [2.05, 4.69) is 0 Å². The van der Waals surface area contributed by atoms with E-state index in [0.29, 0.717) is 6.42 Å². The third-order valence-corrected chi connectivity index (χ3v) is 3.53. The van der Waals surface area contributed by atoms with Crippen molar-refractivity contribution in [2.75, 3.05) is 19.8 Å². The monoisotopic (exact) mass is 300 g/mol. The first kappa shape index (κ1) is 16.2.